The van der Waals surface area contributed by atoms with Crippen molar-refractivity contribution in [2.75, 3.05) is 19.7 Å². The molecule has 2 aromatic heterocycles. The lowest BCUT2D eigenvalue weighted by molar-refractivity contribution is 0.0526. The van der Waals surface area contributed by atoms with Crippen LogP contribution in [0.4, 0.5) is 0 Å². The van der Waals surface area contributed by atoms with Crippen molar-refractivity contribution >= 4 is 5.97 Å². The number of likely N-dealkylation sites (tertiary alicyclic amines) is 1. The standard InChI is InChI=1S/C17H24N4O2/c1-3-23-17(22)14-10-18-21(11-14)16-7-5-9-20(13-16)12-15-6-4-8-19(15)2/h4,6,8,10-11,16H,3,5,7,9,12-13H2,1-2H3/t16-/m0/s1. The van der Waals surface area contributed by atoms with Gasteiger partial charge in [0.2, 0.25) is 0 Å². The number of carbonyl (C=O) groups excluding carboxylic acids is 1. The minimum absolute atomic E-state index is 0.296. The molecule has 3 rings (SSSR count). The largest absolute Gasteiger partial charge is 0.462 e. The van der Waals surface area contributed by atoms with E-state index in [0.29, 0.717) is 18.2 Å². The van der Waals surface area contributed by atoms with Crippen LogP contribution >= 0.6 is 0 Å². The van der Waals surface area contributed by atoms with E-state index in [1.54, 1.807) is 6.20 Å². The van der Waals surface area contributed by atoms with Gasteiger partial charge in [0.15, 0.2) is 0 Å². The van der Waals surface area contributed by atoms with Gasteiger partial charge in [-0.2, -0.15) is 5.10 Å². The number of ether oxygens (including phenoxy) is 1. The molecule has 1 atom stereocenters. The van der Waals surface area contributed by atoms with Crippen LogP contribution in [0.1, 0.15) is 41.9 Å². The van der Waals surface area contributed by atoms with Crippen LogP contribution in [0.5, 0.6) is 0 Å². The first kappa shape index (κ1) is 15.8. The van der Waals surface area contributed by atoms with Gasteiger partial charge in [0.25, 0.3) is 0 Å². The second kappa shape index (κ2) is 7.00. The summed E-state index contributed by atoms with van der Waals surface area (Å²) in [5, 5.41) is 4.38. The summed E-state index contributed by atoms with van der Waals surface area (Å²) >= 11 is 0. The number of hydrogen-bond acceptors (Lipinski definition) is 4. The fraction of sp³-hybridized carbons (Fsp3) is 0.529. The van der Waals surface area contributed by atoms with Crippen LogP contribution in [-0.4, -0.2) is 44.9 Å². The number of piperidine rings is 1. The molecule has 0 N–H and O–H groups in total. The highest BCUT2D eigenvalue weighted by atomic mass is 16.5. The van der Waals surface area contributed by atoms with E-state index in [0.717, 1.165) is 32.5 Å². The van der Waals surface area contributed by atoms with Crippen LogP contribution in [0, 0.1) is 0 Å². The Balaban J connectivity index is 1.64. The zero-order valence-electron chi connectivity index (χ0n) is 13.8. The maximum Gasteiger partial charge on any atom is 0.341 e. The first-order valence-electron chi connectivity index (χ1n) is 8.21. The predicted molar refractivity (Wildman–Crippen MR) is 87.1 cm³/mol. The number of aromatic nitrogens is 3. The SMILES string of the molecule is CCOC(=O)c1cnn([C@H]2CCCN(Cc3cccn3C)C2)c1. The Morgan fingerprint density at radius 3 is 3.09 bits per heavy atom. The molecule has 6 heteroatoms. The summed E-state index contributed by atoms with van der Waals surface area (Å²) in [5.41, 5.74) is 1.85. The monoisotopic (exact) mass is 316 g/mol. The summed E-state index contributed by atoms with van der Waals surface area (Å²) in [5.74, 6) is -0.296. The zero-order valence-corrected chi connectivity index (χ0v) is 13.8. The number of hydrogen-bond donors (Lipinski definition) is 0. The molecule has 0 aliphatic carbocycles. The molecule has 0 aromatic carbocycles. The van der Waals surface area contributed by atoms with Gasteiger partial charge in [-0.25, -0.2) is 4.79 Å². The summed E-state index contributed by atoms with van der Waals surface area (Å²) in [6.07, 6.45) is 7.73. The second-order valence-electron chi connectivity index (χ2n) is 6.07. The lowest BCUT2D eigenvalue weighted by Gasteiger charge is -2.32. The molecule has 1 aliphatic heterocycles. The molecule has 0 amide bonds. The molecule has 0 saturated carbocycles. The summed E-state index contributed by atoms with van der Waals surface area (Å²) in [7, 11) is 2.08. The van der Waals surface area contributed by atoms with Crippen LogP contribution in [0.3, 0.4) is 0 Å². The first-order chi connectivity index (χ1) is 11.2. The van der Waals surface area contributed by atoms with Gasteiger partial charge >= 0.3 is 5.97 Å². The van der Waals surface area contributed by atoms with E-state index < -0.39 is 0 Å². The van der Waals surface area contributed by atoms with E-state index in [-0.39, 0.29) is 5.97 Å². The highest BCUT2D eigenvalue weighted by Gasteiger charge is 2.23. The first-order valence-corrected chi connectivity index (χ1v) is 8.21. The van der Waals surface area contributed by atoms with Crippen molar-refractivity contribution in [1.82, 2.24) is 19.2 Å². The third kappa shape index (κ3) is 3.64. The van der Waals surface area contributed by atoms with Crippen molar-refractivity contribution in [3.8, 4) is 0 Å². The second-order valence-corrected chi connectivity index (χ2v) is 6.07. The predicted octanol–water partition coefficient (Wildman–Crippen LogP) is 2.24. The van der Waals surface area contributed by atoms with Crippen molar-refractivity contribution < 1.29 is 9.53 Å². The van der Waals surface area contributed by atoms with Gasteiger partial charge in [0, 0.05) is 38.2 Å². The molecule has 23 heavy (non-hydrogen) atoms. The zero-order chi connectivity index (χ0) is 16.2. The minimum atomic E-state index is -0.296. The molecule has 0 radical (unpaired) electrons. The molecule has 6 nitrogen and oxygen atoms in total. The molecule has 0 unspecified atom stereocenters. The van der Waals surface area contributed by atoms with Gasteiger partial charge in [-0.1, -0.05) is 0 Å². The highest BCUT2D eigenvalue weighted by Crippen LogP contribution is 2.22. The maximum atomic E-state index is 11.8. The fourth-order valence-corrected chi connectivity index (χ4v) is 3.14. The molecule has 1 fully saturated rings. The quantitative estimate of drug-likeness (QED) is 0.794. The Kier molecular flexibility index (Phi) is 4.81. The smallest absolute Gasteiger partial charge is 0.341 e. The summed E-state index contributed by atoms with van der Waals surface area (Å²) in [6.45, 7) is 5.21. The Bertz CT molecular complexity index is 661. The number of aryl methyl sites for hydroxylation is 1. The Labute approximate surface area is 136 Å². The van der Waals surface area contributed by atoms with Crippen LogP contribution in [-0.2, 0) is 18.3 Å². The van der Waals surface area contributed by atoms with Gasteiger partial charge in [-0.3, -0.25) is 9.58 Å². The molecule has 124 valence electrons. The van der Waals surface area contributed by atoms with Crippen molar-refractivity contribution in [3.05, 3.63) is 42.0 Å². The van der Waals surface area contributed by atoms with E-state index in [1.165, 1.54) is 5.69 Å². The molecule has 1 saturated heterocycles. The van der Waals surface area contributed by atoms with E-state index >= 15 is 0 Å². The topological polar surface area (TPSA) is 52.3 Å². The van der Waals surface area contributed by atoms with Gasteiger partial charge in [0.1, 0.15) is 0 Å². The average molecular weight is 316 g/mol. The van der Waals surface area contributed by atoms with Crippen molar-refractivity contribution in [2.45, 2.75) is 32.4 Å². The highest BCUT2D eigenvalue weighted by molar-refractivity contribution is 5.88. The van der Waals surface area contributed by atoms with E-state index in [4.69, 9.17) is 4.74 Å². The minimum Gasteiger partial charge on any atom is -0.462 e. The molecule has 2 aromatic rings. The Morgan fingerprint density at radius 2 is 2.35 bits per heavy atom. The third-order valence-electron chi connectivity index (χ3n) is 4.40. The maximum absolute atomic E-state index is 11.8. The number of carbonyl (C=O) groups is 1. The number of nitrogens with zero attached hydrogens (tertiary/aromatic N) is 4. The normalized spacial score (nSPS) is 19.0. The van der Waals surface area contributed by atoms with Crippen molar-refractivity contribution in [1.29, 1.82) is 0 Å². The van der Waals surface area contributed by atoms with Crippen LogP contribution in [0.15, 0.2) is 30.7 Å². The van der Waals surface area contributed by atoms with Gasteiger partial charge in [0.05, 0.1) is 24.4 Å². The lowest BCUT2D eigenvalue weighted by Crippen LogP contribution is -2.36. The van der Waals surface area contributed by atoms with Crippen LogP contribution in [0.25, 0.3) is 0 Å². The lowest BCUT2D eigenvalue weighted by atomic mass is 10.1. The molecule has 3 heterocycles. The third-order valence-corrected chi connectivity index (χ3v) is 4.40. The fourth-order valence-electron chi connectivity index (χ4n) is 3.14. The number of esters is 1. The molecular weight excluding hydrogens is 292 g/mol. The Morgan fingerprint density at radius 1 is 1.48 bits per heavy atom. The van der Waals surface area contributed by atoms with Crippen LogP contribution < -0.4 is 0 Å². The average Bonchev–Trinajstić information content (AvgIpc) is 3.18. The molecule has 0 spiro atoms. The molecule has 0 bridgehead atoms. The van der Waals surface area contributed by atoms with Crippen LogP contribution in [0.2, 0.25) is 0 Å². The number of rotatable bonds is 5. The van der Waals surface area contributed by atoms with Crippen molar-refractivity contribution in [3.63, 3.8) is 0 Å². The molecular formula is C17H24N4O2. The molecule has 1 aliphatic rings. The van der Waals surface area contributed by atoms with Gasteiger partial charge in [-0.05, 0) is 38.4 Å². The summed E-state index contributed by atoms with van der Waals surface area (Å²) in [4.78, 5) is 14.2. The van der Waals surface area contributed by atoms with Gasteiger partial charge < -0.3 is 9.30 Å². The van der Waals surface area contributed by atoms with E-state index in [1.807, 2.05) is 17.8 Å². The summed E-state index contributed by atoms with van der Waals surface area (Å²) < 4.78 is 9.11. The Hall–Kier alpha value is -2.08. The van der Waals surface area contributed by atoms with Gasteiger partial charge in [-0.15, -0.1) is 0 Å². The summed E-state index contributed by atoms with van der Waals surface area (Å²) in [6, 6.07) is 4.55. The van der Waals surface area contributed by atoms with E-state index in [2.05, 4.69) is 39.9 Å². The van der Waals surface area contributed by atoms with E-state index in [9.17, 15) is 4.79 Å². The van der Waals surface area contributed by atoms with Crippen molar-refractivity contribution in [2.24, 2.45) is 7.05 Å².